The third kappa shape index (κ3) is 2.35. The number of hydrogen-bond acceptors (Lipinski definition) is 5. The molecule has 5 rings (SSSR count). The van der Waals surface area contributed by atoms with Gasteiger partial charge in [0.1, 0.15) is 17.8 Å². The van der Waals surface area contributed by atoms with Gasteiger partial charge < -0.3 is 10.3 Å². The summed E-state index contributed by atoms with van der Waals surface area (Å²) < 4.78 is 0. The molecule has 0 radical (unpaired) electrons. The lowest BCUT2D eigenvalue weighted by Gasteiger charge is -2.09. The molecule has 6 heteroatoms. The molecular weight excluding hydrogens is 312 g/mol. The molecule has 0 saturated heterocycles. The van der Waals surface area contributed by atoms with Crippen molar-refractivity contribution in [2.75, 3.05) is 5.32 Å². The summed E-state index contributed by atoms with van der Waals surface area (Å²) in [7, 11) is 0. The zero-order chi connectivity index (χ0) is 16.6. The average molecular weight is 326 g/mol. The minimum atomic E-state index is 0.760. The van der Waals surface area contributed by atoms with Gasteiger partial charge >= 0.3 is 0 Å². The van der Waals surface area contributed by atoms with Crippen LogP contribution in [0.5, 0.6) is 0 Å². The van der Waals surface area contributed by atoms with Gasteiger partial charge in [-0.3, -0.25) is 9.98 Å². The molecule has 0 spiro atoms. The van der Waals surface area contributed by atoms with Gasteiger partial charge in [0.2, 0.25) is 0 Å². The van der Waals surface area contributed by atoms with E-state index < -0.39 is 0 Å². The summed E-state index contributed by atoms with van der Waals surface area (Å²) in [4.78, 5) is 20.5. The van der Waals surface area contributed by atoms with Gasteiger partial charge in [0.05, 0.1) is 11.9 Å². The van der Waals surface area contributed by atoms with Crippen molar-refractivity contribution in [2.24, 2.45) is 4.99 Å². The normalized spacial score (nSPS) is 12.5. The fourth-order valence-corrected chi connectivity index (χ4v) is 3.12. The van der Waals surface area contributed by atoms with E-state index in [1.165, 1.54) is 5.56 Å². The molecule has 4 aromatic rings. The summed E-state index contributed by atoms with van der Waals surface area (Å²) in [6, 6.07) is 10.2. The van der Waals surface area contributed by atoms with Crippen LogP contribution in [0.1, 0.15) is 11.1 Å². The number of nitrogens with one attached hydrogen (secondary N) is 2. The van der Waals surface area contributed by atoms with E-state index in [4.69, 9.17) is 0 Å². The second-order valence-electron chi connectivity index (χ2n) is 5.90. The Labute approximate surface area is 143 Å². The number of pyridine rings is 1. The fourth-order valence-electron chi connectivity index (χ4n) is 3.12. The van der Waals surface area contributed by atoms with Crippen molar-refractivity contribution in [2.45, 2.75) is 6.54 Å². The number of anilines is 2. The van der Waals surface area contributed by atoms with Crippen LogP contribution >= 0.6 is 0 Å². The zero-order valence-electron chi connectivity index (χ0n) is 13.3. The van der Waals surface area contributed by atoms with Crippen LogP contribution < -0.4 is 5.32 Å². The van der Waals surface area contributed by atoms with Crippen molar-refractivity contribution in [1.82, 2.24) is 19.9 Å². The van der Waals surface area contributed by atoms with Gasteiger partial charge in [-0.15, -0.1) is 0 Å². The maximum atomic E-state index is 4.46. The SMILES string of the molecule is C1=NCc2ccc(Nc3ncnc4[nH]cc(-c5cccnc5)c34)cc21. The third-order valence-corrected chi connectivity index (χ3v) is 4.34. The molecule has 25 heavy (non-hydrogen) atoms. The standard InChI is InChI=1S/C19H14N6/c1-2-13(8-20-5-1)16-10-22-18-17(16)19(24-11-23-18)25-15-4-3-12-7-21-9-14(12)6-15/h1-6,8-11H,7H2,(H2,22,23,24,25). The number of H-pyrrole nitrogens is 1. The highest BCUT2D eigenvalue weighted by Crippen LogP contribution is 2.33. The Balaban J connectivity index is 1.62. The lowest BCUT2D eigenvalue weighted by molar-refractivity contribution is 1.11. The van der Waals surface area contributed by atoms with Crippen LogP contribution in [-0.4, -0.2) is 26.2 Å². The lowest BCUT2D eigenvalue weighted by Crippen LogP contribution is -1.97. The van der Waals surface area contributed by atoms with Crippen molar-refractivity contribution in [3.8, 4) is 11.1 Å². The largest absolute Gasteiger partial charge is 0.345 e. The maximum absolute atomic E-state index is 4.46. The number of benzene rings is 1. The summed E-state index contributed by atoms with van der Waals surface area (Å²) >= 11 is 0. The molecule has 0 bridgehead atoms. The first-order chi connectivity index (χ1) is 12.4. The molecule has 6 nitrogen and oxygen atoms in total. The predicted octanol–water partition coefficient (Wildman–Crippen LogP) is 3.70. The predicted molar refractivity (Wildman–Crippen MR) is 98.1 cm³/mol. The maximum Gasteiger partial charge on any atom is 0.143 e. The topological polar surface area (TPSA) is 78.9 Å². The number of aliphatic imine (C=N–C) groups is 1. The number of aromatic nitrogens is 4. The first-order valence-corrected chi connectivity index (χ1v) is 8.01. The van der Waals surface area contributed by atoms with Crippen LogP contribution in [-0.2, 0) is 6.54 Å². The van der Waals surface area contributed by atoms with Crippen LogP contribution in [0.2, 0.25) is 0 Å². The van der Waals surface area contributed by atoms with E-state index in [0.717, 1.165) is 45.8 Å². The Bertz CT molecular complexity index is 1100. The van der Waals surface area contributed by atoms with Crippen LogP contribution in [0.3, 0.4) is 0 Å². The van der Waals surface area contributed by atoms with Crippen molar-refractivity contribution >= 4 is 28.8 Å². The van der Waals surface area contributed by atoms with Gasteiger partial charge in [0.15, 0.2) is 0 Å². The van der Waals surface area contributed by atoms with E-state index >= 15 is 0 Å². The van der Waals surface area contributed by atoms with E-state index in [1.807, 2.05) is 30.7 Å². The summed E-state index contributed by atoms with van der Waals surface area (Å²) in [6.07, 6.45) is 9.01. The Morgan fingerprint density at radius 1 is 1.12 bits per heavy atom. The molecule has 0 fully saturated rings. The van der Waals surface area contributed by atoms with Crippen LogP contribution in [0.15, 0.2) is 60.2 Å². The highest BCUT2D eigenvalue weighted by molar-refractivity contribution is 6.01. The van der Waals surface area contributed by atoms with Crippen LogP contribution in [0.25, 0.3) is 22.2 Å². The Morgan fingerprint density at radius 2 is 2.12 bits per heavy atom. The smallest absolute Gasteiger partial charge is 0.143 e. The van der Waals surface area contributed by atoms with Crippen molar-refractivity contribution in [3.05, 3.63) is 66.4 Å². The third-order valence-electron chi connectivity index (χ3n) is 4.34. The van der Waals surface area contributed by atoms with E-state index in [9.17, 15) is 0 Å². The highest BCUT2D eigenvalue weighted by atomic mass is 15.0. The molecule has 1 aromatic carbocycles. The number of fused-ring (bicyclic) bond motifs is 2. The highest BCUT2D eigenvalue weighted by Gasteiger charge is 2.14. The quantitative estimate of drug-likeness (QED) is 0.602. The Kier molecular flexibility index (Phi) is 3.06. The lowest BCUT2D eigenvalue weighted by atomic mass is 10.1. The number of nitrogens with zero attached hydrogens (tertiary/aromatic N) is 4. The average Bonchev–Trinajstić information content (AvgIpc) is 3.29. The molecular formula is C19H14N6. The fraction of sp³-hybridized carbons (Fsp3) is 0.0526. The molecule has 0 aliphatic carbocycles. The monoisotopic (exact) mass is 326 g/mol. The minimum Gasteiger partial charge on any atom is -0.345 e. The molecule has 3 aromatic heterocycles. The summed E-state index contributed by atoms with van der Waals surface area (Å²) in [6.45, 7) is 0.760. The second kappa shape index (κ2) is 5.52. The van der Waals surface area contributed by atoms with Crippen LogP contribution in [0.4, 0.5) is 11.5 Å². The first kappa shape index (κ1) is 13.9. The van der Waals surface area contributed by atoms with Gasteiger partial charge in [0, 0.05) is 41.6 Å². The number of aromatic amines is 1. The van der Waals surface area contributed by atoms with Crippen molar-refractivity contribution < 1.29 is 0 Å². The van der Waals surface area contributed by atoms with Crippen LogP contribution in [0, 0.1) is 0 Å². The van der Waals surface area contributed by atoms with Crippen molar-refractivity contribution in [3.63, 3.8) is 0 Å². The molecule has 0 amide bonds. The Morgan fingerprint density at radius 3 is 3.04 bits per heavy atom. The molecule has 2 N–H and O–H groups in total. The number of hydrogen-bond donors (Lipinski definition) is 2. The molecule has 1 aliphatic heterocycles. The molecule has 4 heterocycles. The number of rotatable bonds is 3. The van der Waals surface area contributed by atoms with Gasteiger partial charge in [-0.05, 0) is 29.3 Å². The van der Waals surface area contributed by atoms with E-state index in [1.54, 1.807) is 12.5 Å². The van der Waals surface area contributed by atoms with Gasteiger partial charge in [-0.25, -0.2) is 9.97 Å². The van der Waals surface area contributed by atoms with Crippen molar-refractivity contribution in [1.29, 1.82) is 0 Å². The van der Waals surface area contributed by atoms with E-state index in [2.05, 4.69) is 48.4 Å². The molecule has 0 saturated carbocycles. The second-order valence-corrected chi connectivity index (χ2v) is 5.90. The van der Waals surface area contributed by atoms with Gasteiger partial charge in [-0.2, -0.15) is 0 Å². The molecule has 0 unspecified atom stereocenters. The minimum absolute atomic E-state index is 0.760. The van der Waals surface area contributed by atoms with Gasteiger partial charge in [-0.1, -0.05) is 12.1 Å². The van der Waals surface area contributed by atoms with E-state index in [-0.39, 0.29) is 0 Å². The Hall–Kier alpha value is -3.54. The zero-order valence-corrected chi connectivity index (χ0v) is 13.3. The first-order valence-electron chi connectivity index (χ1n) is 8.01. The van der Waals surface area contributed by atoms with E-state index in [0.29, 0.717) is 0 Å². The molecule has 120 valence electrons. The molecule has 1 aliphatic rings. The summed E-state index contributed by atoms with van der Waals surface area (Å²) in [5, 5.41) is 4.37. The summed E-state index contributed by atoms with van der Waals surface area (Å²) in [5.41, 5.74) is 6.21. The van der Waals surface area contributed by atoms with Gasteiger partial charge in [0.25, 0.3) is 0 Å². The molecule has 0 atom stereocenters. The summed E-state index contributed by atoms with van der Waals surface area (Å²) in [5.74, 6) is 0.764.